The lowest BCUT2D eigenvalue weighted by Gasteiger charge is -2.38. The molecule has 1 aromatic heterocycles. The fraction of sp³-hybridized carbons (Fsp3) is 0.762. The van der Waals surface area contributed by atoms with Crippen molar-refractivity contribution in [1.29, 1.82) is 0 Å². The zero-order chi connectivity index (χ0) is 20.4. The second kappa shape index (κ2) is 8.59. The number of aromatic nitrogens is 2. The molecule has 0 bridgehead atoms. The molecule has 7 heteroatoms. The van der Waals surface area contributed by atoms with Crippen LogP contribution in [-0.4, -0.2) is 42.5 Å². The van der Waals surface area contributed by atoms with Crippen LogP contribution in [0.15, 0.2) is 18.6 Å². The van der Waals surface area contributed by atoms with Gasteiger partial charge >= 0.3 is 0 Å². The molecule has 0 radical (unpaired) electrons. The summed E-state index contributed by atoms with van der Waals surface area (Å²) in [5, 5.41) is 1.81. The van der Waals surface area contributed by atoms with Gasteiger partial charge < -0.3 is 4.43 Å². The van der Waals surface area contributed by atoms with E-state index >= 15 is 0 Å². The van der Waals surface area contributed by atoms with Gasteiger partial charge in [0.25, 0.3) is 0 Å². The Morgan fingerprint density at radius 2 is 1.93 bits per heavy atom. The molecule has 3 rings (SSSR count). The first-order valence-corrected chi connectivity index (χ1v) is 13.5. The second-order valence-corrected chi connectivity index (χ2v) is 14.5. The van der Waals surface area contributed by atoms with Crippen LogP contribution in [0.1, 0.15) is 64.6 Å². The SMILES string of the molecule is CC(C)(C)[Si](C)(C)OC[C@H]1CC[C@H](C(=O)N2OCC[C@H]2c2cnccn2)CC1. The smallest absolute Gasteiger partial charge is 0.249 e. The van der Waals surface area contributed by atoms with E-state index in [1.54, 1.807) is 23.7 Å². The summed E-state index contributed by atoms with van der Waals surface area (Å²) in [7, 11) is -1.70. The van der Waals surface area contributed by atoms with Gasteiger partial charge in [-0.3, -0.25) is 19.6 Å². The summed E-state index contributed by atoms with van der Waals surface area (Å²) in [5.74, 6) is 0.715. The first-order valence-electron chi connectivity index (χ1n) is 10.5. The Morgan fingerprint density at radius 1 is 1.21 bits per heavy atom. The van der Waals surface area contributed by atoms with E-state index in [2.05, 4.69) is 43.8 Å². The van der Waals surface area contributed by atoms with Crippen molar-refractivity contribution < 1.29 is 14.1 Å². The van der Waals surface area contributed by atoms with Gasteiger partial charge in [0.05, 0.1) is 18.5 Å². The molecule has 0 N–H and O–H groups in total. The minimum atomic E-state index is -1.70. The van der Waals surface area contributed by atoms with Crippen LogP contribution < -0.4 is 0 Å². The highest BCUT2D eigenvalue weighted by Gasteiger charge is 2.40. The summed E-state index contributed by atoms with van der Waals surface area (Å²) in [6.45, 7) is 12.8. The van der Waals surface area contributed by atoms with Crippen LogP contribution in [0, 0.1) is 11.8 Å². The molecule has 1 saturated carbocycles. The number of hydrogen-bond acceptors (Lipinski definition) is 5. The third-order valence-corrected chi connectivity index (χ3v) is 11.2. The number of nitrogens with zero attached hydrogens (tertiary/aromatic N) is 3. The fourth-order valence-electron chi connectivity index (χ4n) is 3.74. The monoisotopic (exact) mass is 405 g/mol. The summed E-state index contributed by atoms with van der Waals surface area (Å²) in [4.78, 5) is 27.3. The van der Waals surface area contributed by atoms with Gasteiger partial charge in [-0.2, -0.15) is 0 Å². The van der Waals surface area contributed by atoms with Crippen molar-refractivity contribution in [1.82, 2.24) is 15.0 Å². The number of carbonyl (C=O) groups is 1. The molecule has 2 aliphatic rings. The summed E-state index contributed by atoms with van der Waals surface area (Å²) in [6.07, 6.45) is 9.76. The van der Waals surface area contributed by atoms with E-state index in [0.29, 0.717) is 12.5 Å². The van der Waals surface area contributed by atoms with Crippen molar-refractivity contribution in [2.24, 2.45) is 11.8 Å². The normalized spacial score (nSPS) is 26.5. The van der Waals surface area contributed by atoms with Gasteiger partial charge in [0, 0.05) is 31.3 Å². The molecule has 1 amide bonds. The van der Waals surface area contributed by atoms with Gasteiger partial charge in [-0.05, 0) is 49.7 Å². The Hall–Kier alpha value is -1.31. The van der Waals surface area contributed by atoms with Crippen molar-refractivity contribution >= 4 is 14.2 Å². The van der Waals surface area contributed by atoms with Crippen LogP contribution in [0.4, 0.5) is 0 Å². The minimum absolute atomic E-state index is 0.0430. The number of hydroxylamine groups is 2. The van der Waals surface area contributed by atoms with Crippen LogP contribution in [0.2, 0.25) is 18.1 Å². The molecule has 1 atom stereocenters. The standard InChI is InChI=1S/C21H35N3O3Si/c1-21(2,3)28(4,5)27-15-16-6-8-17(9-7-16)20(25)24-19(10-13-26-24)18-14-22-11-12-23-18/h11-12,14,16-17,19H,6-10,13,15H2,1-5H3/t16-,17-,19-/m0/s1. The first-order chi connectivity index (χ1) is 13.2. The van der Waals surface area contributed by atoms with Crippen molar-refractivity contribution in [3.05, 3.63) is 24.3 Å². The Labute approximate surface area is 170 Å². The van der Waals surface area contributed by atoms with Gasteiger partial charge in [-0.15, -0.1) is 0 Å². The largest absolute Gasteiger partial charge is 0.417 e. The Bertz CT molecular complexity index is 655. The molecule has 1 saturated heterocycles. The summed E-state index contributed by atoms with van der Waals surface area (Å²) in [6, 6.07) is -0.110. The third kappa shape index (κ3) is 4.81. The zero-order valence-electron chi connectivity index (χ0n) is 18.0. The van der Waals surface area contributed by atoms with Crippen LogP contribution in [0.25, 0.3) is 0 Å². The van der Waals surface area contributed by atoms with E-state index in [-0.39, 0.29) is 22.9 Å². The summed E-state index contributed by atoms with van der Waals surface area (Å²) >= 11 is 0. The molecule has 1 aliphatic heterocycles. The average Bonchev–Trinajstić information content (AvgIpc) is 3.16. The maximum absolute atomic E-state index is 13.1. The fourth-order valence-corrected chi connectivity index (χ4v) is 4.82. The van der Waals surface area contributed by atoms with E-state index in [1.165, 1.54) is 0 Å². The predicted octanol–water partition coefficient (Wildman–Crippen LogP) is 4.51. The Morgan fingerprint density at radius 3 is 2.54 bits per heavy atom. The van der Waals surface area contributed by atoms with Gasteiger partial charge in [-0.1, -0.05) is 20.8 Å². The molecule has 6 nitrogen and oxygen atoms in total. The topological polar surface area (TPSA) is 64.5 Å². The number of hydrogen-bond donors (Lipinski definition) is 0. The lowest BCUT2D eigenvalue weighted by Crippen LogP contribution is -2.42. The van der Waals surface area contributed by atoms with Crippen LogP contribution in [0.3, 0.4) is 0 Å². The molecule has 28 heavy (non-hydrogen) atoms. The zero-order valence-corrected chi connectivity index (χ0v) is 19.0. The molecule has 0 aromatic carbocycles. The lowest BCUT2D eigenvalue weighted by atomic mass is 9.82. The average molecular weight is 406 g/mol. The summed E-state index contributed by atoms with van der Waals surface area (Å²) < 4.78 is 6.41. The van der Waals surface area contributed by atoms with E-state index in [1.807, 2.05) is 0 Å². The van der Waals surface area contributed by atoms with Gasteiger partial charge in [-0.25, -0.2) is 5.06 Å². The maximum atomic E-state index is 13.1. The Balaban J connectivity index is 1.51. The molecular weight excluding hydrogens is 370 g/mol. The Kier molecular flexibility index (Phi) is 6.57. The molecule has 156 valence electrons. The highest BCUT2D eigenvalue weighted by atomic mass is 28.4. The third-order valence-electron chi connectivity index (χ3n) is 6.73. The summed E-state index contributed by atoms with van der Waals surface area (Å²) in [5.41, 5.74) is 0.810. The van der Waals surface area contributed by atoms with Gasteiger partial charge in [0.1, 0.15) is 6.04 Å². The van der Waals surface area contributed by atoms with Crippen molar-refractivity contribution in [2.75, 3.05) is 13.2 Å². The minimum Gasteiger partial charge on any atom is -0.417 e. The van der Waals surface area contributed by atoms with Crippen molar-refractivity contribution in [3.8, 4) is 0 Å². The van der Waals surface area contributed by atoms with E-state index in [0.717, 1.165) is 44.4 Å². The quantitative estimate of drug-likeness (QED) is 0.674. The molecule has 2 fully saturated rings. The van der Waals surface area contributed by atoms with Gasteiger partial charge in [0.2, 0.25) is 5.91 Å². The predicted molar refractivity (Wildman–Crippen MR) is 111 cm³/mol. The van der Waals surface area contributed by atoms with Gasteiger partial charge in [0.15, 0.2) is 8.32 Å². The first kappa shape index (κ1) is 21.4. The molecular formula is C21H35N3O3Si. The molecule has 1 aliphatic carbocycles. The molecule has 0 unspecified atom stereocenters. The van der Waals surface area contributed by atoms with Crippen LogP contribution >= 0.6 is 0 Å². The van der Waals surface area contributed by atoms with E-state index in [4.69, 9.17) is 9.26 Å². The molecule has 0 spiro atoms. The second-order valence-electron chi connectivity index (χ2n) is 9.72. The highest BCUT2D eigenvalue weighted by Crippen LogP contribution is 2.39. The number of rotatable bonds is 5. The van der Waals surface area contributed by atoms with E-state index < -0.39 is 8.32 Å². The number of carbonyl (C=O) groups excluding carboxylic acids is 1. The van der Waals surface area contributed by atoms with Crippen molar-refractivity contribution in [2.45, 2.75) is 77.0 Å². The highest BCUT2D eigenvalue weighted by molar-refractivity contribution is 6.74. The van der Waals surface area contributed by atoms with Crippen LogP contribution in [-0.2, 0) is 14.1 Å². The lowest BCUT2D eigenvalue weighted by molar-refractivity contribution is -0.183. The van der Waals surface area contributed by atoms with E-state index in [9.17, 15) is 4.79 Å². The van der Waals surface area contributed by atoms with Crippen LogP contribution in [0.5, 0.6) is 0 Å². The maximum Gasteiger partial charge on any atom is 0.249 e. The number of amides is 1. The van der Waals surface area contributed by atoms with Crippen molar-refractivity contribution in [3.63, 3.8) is 0 Å². The molecule has 2 heterocycles. The molecule has 1 aromatic rings.